The van der Waals surface area contributed by atoms with Gasteiger partial charge in [-0.25, -0.2) is 4.79 Å². The Kier molecular flexibility index (Phi) is 3.17. The molecule has 6 N–H and O–H groups in total. The average Bonchev–Trinajstić information content (AvgIpc) is 2.68. The predicted molar refractivity (Wildman–Crippen MR) is 66.3 cm³/mol. The summed E-state index contributed by atoms with van der Waals surface area (Å²) >= 11 is 0. The molecule has 0 aliphatic heterocycles. The first-order valence-corrected chi connectivity index (χ1v) is 5.40. The molecule has 0 saturated carbocycles. The molecule has 0 radical (unpaired) electrons. The first-order valence-electron chi connectivity index (χ1n) is 5.40. The normalized spacial score (nSPS) is 14.6. The maximum atomic E-state index is 11.1. The summed E-state index contributed by atoms with van der Waals surface area (Å²) in [6, 6.07) is 3.48. The van der Waals surface area contributed by atoms with Crippen LogP contribution in [0.15, 0.2) is 23.0 Å². The molecular formula is C11H14N4O3. The summed E-state index contributed by atoms with van der Waals surface area (Å²) in [6.07, 6.45) is 0. The summed E-state index contributed by atoms with van der Waals surface area (Å²) in [5.74, 6) is -1.02. The Morgan fingerprint density at radius 3 is 2.67 bits per heavy atom. The molecule has 1 aromatic heterocycles. The number of carboxylic acid groups (broad SMARTS) is 1. The SMILES string of the molecule is CNC(C(=O)O)C(N)c1ccc2[nH]c(=O)[nH]c2c1. The Morgan fingerprint density at radius 1 is 1.39 bits per heavy atom. The number of likely N-dealkylation sites (N-methyl/N-ethyl adjacent to an activating group) is 1. The molecule has 2 unspecified atom stereocenters. The number of hydrogen-bond acceptors (Lipinski definition) is 4. The van der Waals surface area contributed by atoms with Crippen molar-refractivity contribution in [2.75, 3.05) is 7.05 Å². The van der Waals surface area contributed by atoms with Crippen LogP contribution in [-0.2, 0) is 4.79 Å². The fourth-order valence-corrected chi connectivity index (χ4v) is 1.91. The van der Waals surface area contributed by atoms with Crippen LogP contribution >= 0.6 is 0 Å². The molecule has 1 heterocycles. The Bertz CT molecular complexity index is 630. The van der Waals surface area contributed by atoms with Crippen LogP contribution in [0.3, 0.4) is 0 Å². The van der Waals surface area contributed by atoms with E-state index in [1.165, 1.54) is 7.05 Å². The molecule has 2 rings (SSSR count). The molecular weight excluding hydrogens is 236 g/mol. The van der Waals surface area contributed by atoms with Crippen molar-refractivity contribution in [2.24, 2.45) is 5.73 Å². The van der Waals surface area contributed by atoms with Crippen molar-refractivity contribution in [2.45, 2.75) is 12.1 Å². The van der Waals surface area contributed by atoms with E-state index in [0.29, 0.717) is 16.6 Å². The van der Waals surface area contributed by atoms with Gasteiger partial charge in [-0.2, -0.15) is 0 Å². The van der Waals surface area contributed by atoms with Gasteiger partial charge in [-0.05, 0) is 24.7 Å². The van der Waals surface area contributed by atoms with Crippen LogP contribution in [0.1, 0.15) is 11.6 Å². The van der Waals surface area contributed by atoms with Gasteiger partial charge >= 0.3 is 11.7 Å². The first-order chi connectivity index (χ1) is 8.52. The minimum absolute atomic E-state index is 0.306. The van der Waals surface area contributed by atoms with E-state index in [-0.39, 0.29) is 5.69 Å². The van der Waals surface area contributed by atoms with Crippen LogP contribution in [0.25, 0.3) is 11.0 Å². The van der Waals surface area contributed by atoms with E-state index in [1.54, 1.807) is 18.2 Å². The van der Waals surface area contributed by atoms with Crippen LogP contribution < -0.4 is 16.7 Å². The van der Waals surface area contributed by atoms with Gasteiger partial charge < -0.3 is 26.1 Å². The molecule has 0 aliphatic carbocycles. The Balaban J connectivity index is 2.40. The van der Waals surface area contributed by atoms with E-state index in [9.17, 15) is 9.59 Å². The van der Waals surface area contributed by atoms with Gasteiger partial charge in [-0.3, -0.25) is 4.79 Å². The zero-order valence-electron chi connectivity index (χ0n) is 9.73. The second kappa shape index (κ2) is 4.63. The van der Waals surface area contributed by atoms with Crippen LogP contribution in [0.5, 0.6) is 0 Å². The van der Waals surface area contributed by atoms with Crippen LogP contribution in [-0.4, -0.2) is 34.1 Å². The average molecular weight is 250 g/mol. The van der Waals surface area contributed by atoms with Gasteiger partial charge in [0.2, 0.25) is 0 Å². The maximum Gasteiger partial charge on any atom is 0.323 e. The highest BCUT2D eigenvalue weighted by Crippen LogP contribution is 2.18. The lowest BCUT2D eigenvalue weighted by molar-refractivity contribution is -0.139. The number of fused-ring (bicyclic) bond motifs is 1. The topological polar surface area (TPSA) is 124 Å². The highest BCUT2D eigenvalue weighted by atomic mass is 16.4. The fraction of sp³-hybridized carbons (Fsp3) is 0.273. The predicted octanol–water partition coefficient (Wildman–Crippen LogP) is -0.471. The van der Waals surface area contributed by atoms with Gasteiger partial charge in [0.15, 0.2) is 0 Å². The zero-order chi connectivity index (χ0) is 13.3. The molecule has 2 aromatic rings. The molecule has 0 saturated heterocycles. The molecule has 0 bridgehead atoms. The lowest BCUT2D eigenvalue weighted by Gasteiger charge is -2.19. The number of carbonyl (C=O) groups is 1. The maximum absolute atomic E-state index is 11.1. The van der Waals surface area contributed by atoms with Crippen LogP contribution in [0.4, 0.5) is 0 Å². The van der Waals surface area contributed by atoms with Crippen LogP contribution in [0.2, 0.25) is 0 Å². The summed E-state index contributed by atoms with van der Waals surface area (Å²) in [4.78, 5) is 27.3. The highest BCUT2D eigenvalue weighted by Gasteiger charge is 2.24. The van der Waals surface area contributed by atoms with Crippen LogP contribution in [0, 0.1) is 0 Å². The third kappa shape index (κ3) is 2.13. The van der Waals surface area contributed by atoms with E-state index in [0.717, 1.165) is 0 Å². The van der Waals surface area contributed by atoms with Gasteiger partial charge in [0.25, 0.3) is 0 Å². The molecule has 2 atom stereocenters. The molecule has 1 aromatic carbocycles. The zero-order valence-corrected chi connectivity index (χ0v) is 9.73. The Hall–Kier alpha value is -2.12. The van der Waals surface area contributed by atoms with Crippen molar-refractivity contribution in [3.05, 3.63) is 34.2 Å². The molecule has 0 aliphatic rings. The number of aromatic nitrogens is 2. The highest BCUT2D eigenvalue weighted by molar-refractivity contribution is 5.77. The third-order valence-electron chi connectivity index (χ3n) is 2.86. The minimum atomic E-state index is -1.02. The second-order valence-electron chi connectivity index (χ2n) is 4.01. The first kappa shape index (κ1) is 12.3. The number of nitrogens with one attached hydrogen (secondary N) is 3. The van der Waals surface area contributed by atoms with Gasteiger partial charge in [0, 0.05) is 0 Å². The molecule has 7 heteroatoms. The molecule has 0 spiro atoms. The van der Waals surface area contributed by atoms with Crippen molar-refractivity contribution < 1.29 is 9.90 Å². The molecule has 18 heavy (non-hydrogen) atoms. The number of benzene rings is 1. The van der Waals surface area contributed by atoms with Crippen molar-refractivity contribution in [1.29, 1.82) is 0 Å². The number of rotatable bonds is 4. The molecule has 0 amide bonds. The molecule has 96 valence electrons. The number of carboxylic acids is 1. The standard InChI is InChI=1S/C11H14N4O3/c1-13-9(10(16)17)8(12)5-2-3-6-7(4-5)15-11(18)14-6/h2-4,8-9,13H,12H2,1H3,(H,16,17)(H2,14,15,18). The second-order valence-corrected chi connectivity index (χ2v) is 4.01. The fourth-order valence-electron chi connectivity index (χ4n) is 1.91. The number of aromatic amines is 2. The van der Waals surface area contributed by atoms with Crippen molar-refractivity contribution >= 4 is 17.0 Å². The van der Waals surface area contributed by atoms with Crippen molar-refractivity contribution in [3.63, 3.8) is 0 Å². The summed E-state index contributed by atoms with van der Waals surface area (Å²) in [5.41, 5.74) is 7.50. The van der Waals surface area contributed by atoms with Gasteiger partial charge in [-0.1, -0.05) is 6.07 Å². The third-order valence-corrected chi connectivity index (χ3v) is 2.86. The van der Waals surface area contributed by atoms with E-state index in [2.05, 4.69) is 15.3 Å². The van der Waals surface area contributed by atoms with E-state index in [1.807, 2.05) is 0 Å². The van der Waals surface area contributed by atoms with E-state index in [4.69, 9.17) is 10.8 Å². The number of nitrogens with two attached hydrogens (primary N) is 1. The smallest absolute Gasteiger partial charge is 0.323 e. The van der Waals surface area contributed by atoms with Crippen molar-refractivity contribution in [3.8, 4) is 0 Å². The number of aliphatic carboxylic acids is 1. The molecule has 0 fully saturated rings. The Morgan fingerprint density at radius 2 is 2.06 bits per heavy atom. The van der Waals surface area contributed by atoms with Gasteiger partial charge in [-0.15, -0.1) is 0 Å². The van der Waals surface area contributed by atoms with E-state index >= 15 is 0 Å². The monoisotopic (exact) mass is 250 g/mol. The summed E-state index contributed by atoms with van der Waals surface area (Å²) in [7, 11) is 1.54. The van der Waals surface area contributed by atoms with Gasteiger partial charge in [0.1, 0.15) is 6.04 Å². The lowest BCUT2D eigenvalue weighted by Crippen LogP contribution is -2.43. The largest absolute Gasteiger partial charge is 0.480 e. The van der Waals surface area contributed by atoms with Gasteiger partial charge in [0.05, 0.1) is 17.1 Å². The Labute approximate surface area is 102 Å². The minimum Gasteiger partial charge on any atom is -0.480 e. The summed E-state index contributed by atoms with van der Waals surface area (Å²) < 4.78 is 0. The van der Waals surface area contributed by atoms with Crippen molar-refractivity contribution in [1.82, 2.24) is 15.3 Å². The summed E-state index contributed by atoms with van der Waals surface area (Å²) in [6.45, 7) is 0. The number of hydrogen-bond donors (Lipinski definition) is 5. The quantitative estimate of drug-likeness (QED) is 0.501. The lowest BCUT2D eigenvalue weighted by atomic mass is 10.00. The number of imidazole rings is 1. The van der Waals surface area contributed by atoms with E-state index < -0.39 is 18.1 Å². The number of H-pyrrole nitrogens is 2. The molecule has 7 nitrogen and oxygen atoms in total. The summed E-state index contributed by atoms with van der Waals surface area (Å²) in [5, 5.41) is 11.7.